The summed E-state index contributed by atoms with van der Waals surface area (Å²) in [5.74, 6) is 1.38. The van der Waals surface area contributed by atoms with Crippen LogP contribution in [0.5, 0.6) is 5.75 Å². The molecule has 110 valence electrons. The highest BCUT2D eigenvalue weighted by atomic mass is 79.9. The Labute approximate surface area is 128 Å². The van der Waals surface area contributed by atoms with E-state index in [2.05, 4.69) is 33.5 Å². The van der Waals surface area contributed by atoms with E-state index in [9.17, 15) is 4.79 Å². The van der Waals surface area contributed by atoms with Gasteiger partial charge in [-0.05, 0) is 50.9 Å². The highest BCUT2D eigenvalue weighted by molar-refractivity contribution is 9.10. The second-order valence-electron chi connectivity index (χ2n) is 5.23. The SMILES string of the molecule is CNC(C)c1cc(Br)ccc1OCC(=O)NCC1CC1. The van der Waals surface area contributed by atoms with Crippen LogP contribution in [0.4, 0.5) is 0 Å². The molecule has 20 heavy (non-hydrogen) atoms. The summed E-state index contributed by atoms with van der Waals surface area (Å²) >= 11 is 3.46. The van der Waals surface area contributed by atoms with E-state index in [-0.39, 0.29) is 18.6 Å². The molecule has 5 heteroatoms. The minimum Gasteiger partial charge on any atom is -0.483 e. The first-order valence-corrected chi connectivity index (χ1v) is 7.75. The Hall–Kier alpha value is -1.07. The minimum absolute atomic E-state index is 0.0529. The maximum atomic E-state index is 11.7. The van der Waals surface area contributed by atoms with E-state index >= 15 is 0 Å². The van der Waals surface area contributed by atoms with Gasteiger partial charge in [-0.3, -0.25) is 4.79 Å². The van der Waals surface area contributed by atoms with Gasteiger partial charge in [0.25, 0.3) is 5.91 Å². The number of amides is 1. The molecule has 1 fully saturated rings. The van der Waals surface area contributed by atoms with Crippen LogP contribution in [0.2, 0.25) is 0 Å². The predicted molar refractivity (Wildman–Crippen MR) is 82.8 cm³/mol. The van der Waals surface area contributed by atoms with E-state index in [1.807, 2.05) is 25.2 Å². The van der Waals surface area contributed by atoms with E-state index < -0.39 is 0 Å². The van der Waals surface area contributed by atoms with Crippen molar-refractivity contribution in [1.82, 2.24) is 10.6 Å². The van der Waals surface area contributed by atoms with Crippen LogP contribution in [0, 0.1) is 5.92 Å². The lowest BCUT2D eigenvalue weighted by atomic mass is 10.1. The van der Waals surface area contributed by atoms with Gasteiger partial charge in [-0.25, -0.2) is 0 Å². The molecule has 0 heterocycles. The molecule has 1 aliphatic carbocycles. The molecule has 0 aliphatic heterocycles. The zero-order valence-corrected chi connectivity index (χ0v) is 13.5. The predicted octanol–water partition coefficient (Wildman–Crippen LogP) is 2.63. The number of benzene rings is 1. The van der Waals surface area contributed by atoms with Crippen molar-refractivity contribution in [1.29, 1.82) is 0 Å². The van der Waals surface area contributed by atoms with Gasteiger partial charge in [0.1, 0.15) is 5.75 Å². The van der Waals surface area contributed by atoms with Crippen molar-refractivity contribution in [2.24, 2.45) is 5.92 Å². The minimum atomic E-state index is -0.0529. The molecule has 0 radical (unpaired) electrons. The molecule has 4 nitrogen and oxygen atoms in total. The number of halogens is 1. The average Bonchev–Trinajstić information content (AvgIpc) is 3.27. The van der Waals surface area contributed by atoms with Crippen molar-refractivity contribution in [3.05, 3.63) is 28.2 Å². The van der Waals surface area contributed by atoms with Gasteiger partial charge in [0.05, 0.1) is 0 Å². The van der Waals surface area contributed by atoms with Crippen molar-refractivity contribution in [2.45, 2.75) is 25.8 Å². The van der Waals surface area contributed by atoms with Gasteiger partial charge < -0.3 is 15.4 Å². The van der Waals surface area contributed by atoms with Crippen LogP contribution in [0.25, 0.3) is 0 Å². The second-order valence-corrected chi connectivity index (χ2v) is 6.14. The van der Waals surface area contributed by atoms with E-state index in [0.717, 1.165) is 22.3 Å². The first-order valence-electron chi connectivity index (χ1n) is 6.96. The lowest BCUT2D eigenvalue weighted by Gasteiger charge is -2.17. The Morgan fingerprint density at radius 1 is 1.50 bits per heavy atom. The molecular formula is C15H21BrN2O2. The Morgan fingerprint density at radius 2 is 2.25 bits per heavy atom. The summed E-state index contributed by atoms with van der Waals surface area (Å²) in [6.45, 7) is 2.90. The number of carbonyl (C=O) groups is 1. The number of nitrogens with one attached hydrogen (secondary N) is 2. The van der Waals surface area contributed by atoms with Crippen LogP contribution in [0.3, 0.4) is 0 Å². The largest absolute Gasteiger partial charge is 0.483 e. The lowest BCUT2D eigenvalue weighted by Crippen LogP contribution is -2.30. The number of hydrogen-bond donors (Lipinski definition) is 2. The summed E-state index contributed by atoms with van der Waals surface area (Å²) in [7, 11) is 1.90. The van der Waals surface area contributed by atoms with Crippen molar-refractivity contribution >= 4 is 21.8 Å². The fraction of sp³-hybridized carbons (Fsp3) is 0.533. The molecule has 1 saturated carbocycles. The van der Waals surface area contributed by atoms with Crippen LogP contribution in [0.15, 0.2) is 22.7 Å². The molecule has 2 rings (SSSR count). The standard InChI is InChI=1S/C15H21BrN2O2/c1-10(17-2)13-7-12(16)5-6-14(13)20-9-15(19)18-8-11-3-4-11/h5-7,10-11,17H,3-4,8-9H2,1-2H3,(H,18,19). The van der Waals surface area contributed by atoms with Crippen LogP contribution in [-0.4, -0.2) is 26.1 Å². The molecule has 0 aromatic heterocycles. The van der Waals surface area contributed by atoms with Crippen molar-refractivity contribution in [3.8, 4) is 5.75 Å². The fourth-order valence-electron chi connectivity index (χ4n) is 1.92. The molecular weight excluding hydrogens is 320 g/mol. The molecule has 1 amide bonds. The highest BCUT2D eigenvalue weighted by Gasteiger charge is 2.21. The average molecular weight is 341 g/mol. The molecule has 0 saturated heterocycles. The molecule has 1 aliphatic rings. The lowest BCUT2D eigenvalue weighted by molar-refractivity contribution is -0.123. The van der Waals surface area contributed by atoms with Crippen molar-refractivity contribution in [3.63, 3.8) is 0 Å². The van der Waals surface area contributed by atoms with Crippen LogP contribution in [-0.2, 0) is 4.79 Å². The van der Waals surface area contributed by atoms with Gasteiger partial charge in [-0.1, -0.05) is 15.9 Å². The Bertz CT molecular complexity index is 475. The molecule has 1 aromatic carbocycles. The van der Waals surface area contributed by atoms with E-state index in [1.54, 1.807) is 0 Å². The molecule has 1 unspecified atom stereocenters. The second kappa shape index (κ2) is 7.09. The zero-order chi connectivity index (χ0) is 14.5. The maximum absolute atomic E-state index is 11.7. The summed E-state index contributed by atoms with van der Waals surface area (Å²) in [5, 5.41) is 6.08. The summed E-state index contributed by atoms with van der Waals surface area (Å²) in [5.41, 5.74) is 1.04. The number of rotatable bonds is 7. The summed E-state index contributed by atoms with van der Waals surface area (Å²) in [6, 6.07) is 5.99. The van der Waals surface area contributed by atoms with Gasteiger partial charge in [0.15, 0.2) is 6.61 Å². The molecule has 2 N–H and O–H groups in total. The van der Waals surface area contributed by atoms with Gasteiger partial charge >= 0.3 is 0 Å². The first kappa shape index (κ1) is 15.3. The molecule has 0 spiro atoms. The molecule has 1 atom stereocenters. The van der Waals surface area contributed by atoms with Gasteiger partial charge in [0.2, 0.25) is 0 Å². The Kier molecular flexibility index (Phi) is 5.43. The Balaban J connectivity index is 1.91. The molecule has 1 aromatic rings. The third-order valence-corrected chi connectivity index (χ3v) is 4.01. The third-order valence-electron chi connectivity index (χ3n) is 3.51. The summed E-state index contributed by atoms with van der Waals surface area (Å²) in [6.07, 6.45) is 2.47. The highest BCUT2D eigenvalue weighted by Crippen LogP contribution is 2.29. The topological polar surface area (TPSA) is 50.4 Å². The zero-order valence-electron chi connectivity index (χ0n) is 11.9. The van der Waals surface area contributed by atoms with Crippen molar-refractivity contribution < 1.29 is 9.53 Å². The van der Waals surface area contributed by atoms with Crippen LogP contribution < -0.4 is 15.4 Å². The third kappa shape index (κ3) is 4.49. The first-order chi connectivity index (χ1) is 9.60. The smallest absolute Gasteiger partial charge is 0.257 e. The monoisotopic (exact) mass is 340 g/mol. The number of hydrogen-bond acceptors (Lipinski definition) is 3. The Morgan fingerprint density at radius 3 is 2.90 bits per heavy atom. The van der Waals surface area contributed by atoms with Gasteiger partial charge in [-0.15, -0.1) is 0 Å². The summed E-state index contributed by atoms with van der Waals surface area (Å²) < 4.78 is 6.66. The van der Waals surface area contributed by atoms with Crippen LogP contribution in [0.1, 0.15) is 31.4 Å². The van der Waals surface area contributed by atoms with Gasteiger partial charge in [0, 0.05) is 22.6 Å². The van der Waals surface area contributed by atoms with Crippen molar-refractivity contribution in [2.75, 3.05) is 20.2 Å². The number of carbonyl (C=O) groups excluding carboxylic acids is 1. The van der Waals surface area contributed by atoms with Crippen LogP contribution >= 0.6 is 15.9 Å². The molecule has 0 bridgehead atoms. The number of ether oxygens (including phenoxy) is 1. The van der Waals surface area contributed by atoms with E-state index in [1.165, 1.54) is 12.8 Å². The van der Waals surface area contributed by atoms with E-state index in [4.69, 9.17) is 4.74 Å². The quantitative estimate of drug-likeness (QED) is 0.802. The fourth-order valence-corrected chi connectivity index (χ4v) is 2.30. The van der Waals surface area contributed by atoms with Gasteiger partial charge in [-0.2, -0.15) is 0 Å². The maximum Gasteiger partial charge on any atom is 0.257 e. The normalized spacial score (nSPS) is 15.8. The van der Waals surface area contributed by atoms with E-state index in [0.29, 0.717) is 5.92 Å². The summed E-state index contributed by atoms with van der Waals surface area (Å²) in [4.78, 5) is 11.7.